The summed E-state index contributed by atoms with van der Waals surface area (Å²) >= 11 is 0. The molecule has 21 heavy (non-hydrogen) atoms. The van der Waals surface area contributed by atoms with E-state index >= 15 is 0 Å². The first-order valence-corrected chi connectivity index (χ1v) is 8.54. The molecule has 0 bridgehead atoms. The van der Waals surface area contributed by atoms with Gasteiger partial charge in [0, 0.05) is 12.6 Å². The lowest BCUT2D eigenvalue weighted by Gasteiger charge is -2.38. The molecule has 3 nitrogen and oxygen atoms in total. The van der Waals surface area contributed by atoms with Gasteiger partial charge in [-0.05, 0) is 64.0 Å². The fourth-order valence-corrected chi connectivity index (χ4v) is 3.33. The van der Waals surface area contributed by atoms with Crippen molar-refractivity contribution < 1.29 is 0 Å². The van der Waals surface area contributed by atoms with E-state index in [1.165, 1.54) is 44.5 Å². The Kier molecular flexibility index (Phi) is 7.20. The molecule has 0 amide bonds. The minimum absolute atomic E-state index is 0.727. The van der Waals surface area contributed by atoms with E-state index in [9.17, 15) is 0 Å². The molecule has 1 heterocycles. The minimum Gasteiger partial charge on any atom is -0.330 e. The van der Waals surface area contributed by atoms with Crippen LogP contribution in [0.1, 0.15) is 38.2 Å². The van der Waals surface area contributed by atoms with Crippen molar-refractivity contribution in [2.75, 3.05) is 32.7 Å². The van der Waals surface area contributed by atoms with Crippen LogP contribution in [-0.2, 0) is 6.54 Å². The standard InChI is InChI=1S/C18H31N3/c1-2-12-20-14-9-18(10-15-20)21(13-6-11-19)16-17-7-4-3-5-8-17/h3-5,7-8,18H,2,6,9-16,19H2,1H3. The summed E-state index contributed by atoms with van der Waals surface area (Å²) in [6.07, 6.45) is 4.97. The first-order chi connectivity index (χ1) is 10.3. The molecule has 1 aliphatic rings. The molecule has 1 saturated heterocycles. The maximum Gasteiger partial charge on any atom is 0.0236 e. The molecule has 0 aromatic heterocycles. The van der Waals surface area contributed by atoms with Gasteiger partial charge in [-0.1, -0.05) is 37.3 Å². The summed E-state index contributed by atoms with van der Waals surface area (Å²) in [5.41, 5.74) is 7.15. The van der Waals surface area contributed by atoms with Gasteiger partial charge < -0.3 is 10.6 Å². The van der Waals surface area contributed by atoms with Crippen LogP contribution in [0.25, 0.3) is 0 Å². The molecule has 2 N–H and O–H groups in total. The van der Waals surface area contributed by atoms with Crippen LogP contribution in [0.3, 0.4) is 0 Å². The van der Waals surface area contributed by atoms with Crippen molar-refractivity contribution in [1.82, 2.24) is 9.80 Å². The van der Waals surface area contributed by atoms with Gasteiger partial charge in [0.1, 0.15) is 0 Å². The Labute approximate surface area is 130 Å². The van der Waals surface area contributed by atoms with Crippen LogP contribution in [0.2, 0.25) is 0 Å². The minimum atomic E-state index is 0.727. The summed E-state index contributed by atoms with van der Waals surface area (Å²) in [7, 11) is 0. The molecule has 1 fully saturated rings. The number of nitrogens with two attached hydrogens (primary N) is 1. The summed E-state index contributed by atoms with van der Waals surface area (Å²) in [6, 6.07) is 11.6. The third-order valence-corrected chi connectivity index (χ3v) is 4.49. The highest BCUT2D eigenvalue weighted by Crippen LogP contribution is 2.19. The molecule has 3 heteroatoms. The van der Waals surface area contributed by atoms with Gasteiger partial charge in [-0.15, -0.1) is 0 Å². The fraction of sp³-hybridized carbons (Fsp3) is 0.667. The third kappa shape index (κ3) is 5.42. The molecule has 1 aliphatic heterocycles. The molecule has 0 unspecified atom stereocenters. The summed E-state index contributed by atoms with van der Waals surface area (Å²) in [4.78, 5) is 5.27. The zero-order valence-electron chi connectivity index (χ0n) is 13.5. The van der Waals surface area contributed by atoms with Crippen molar-refractivity contribution >= 4 is 0 Å². The summed E-state index contributed by atoms with van der Waals surface area (Å²) < 4.78 is 0. The van der Waals surface area contributed by atoms with E-state index in [1.807, 2.05) is 0 Å². The molecule has 0 aliphatic carbocycles. The van der Waals surface area contributed by atoms with Crippen molar-refractivity contribution in [3.63, 3.8) is 0 Å². The Morgan fingerprint density at radius 3 is 2.52 bits per heavy atom. The highest BCUT2D eigenvalue weighted by molar-refractivity contribution is 5.14. The fourth-order valence-electron chi connectivity index (χ4n) is 3.33. The second kappa shape index (κ2) is 9.19. The summed E-state index contributed by atoms with van der Waals surface area (Å²) in [6.45, 7) is 9.03. The number of benzene rings is 1. The lowest BCUT2D eigenvalue weighted by Crippen LogP contribution is -2.45. The Hall–Kier alpha value is -0.900. The molecule has 1 aromatic carbocycles. The number of rotatable bonds is 8. The van der Waals surface area contributed by atoms with Gasteiger partial charge in [0.15, 0.2) is 0 Å². The van der Waals surface area contributed by atoms with E-state index in [4.69, 9.17) is 5.73 Å². The second-order valence-corrected chi connectivity index (χ2v) is 6.17. The molecule has 1 aromatic rings. The predicted octanol–water partition coefficient (Wildman–Crippen LogP) is 2.71. The Balaban J connectivity index is 1.90. The second-order valence-electron chi connectivity index (χ2n) is 6.17. The van der Waals surface area contributed by atoms with Gasteiger partial charge in [-0.25, -0.2) is 0 Å². The van der Waals surface area contributed by atoms with E-state index in [2.05, 4.69) is 47.1 Å². The van der Waals surface area contributed by atoms with Crippen molar-refractivity contribution in [2.24, 2.45) is 5.73 Å². The van der Waals surface area contributed by atoms with Gasteiger partial charge in [0.2, 0.25) is 0 Å². The smallest absolute Gasteiger partial charge is 0.0236 e. The van der Waals surface area contributed by atoms with Crippen molar-refractivity contribution in [2.45, 2.75) is 45.2 Å². The number of likely N-dealkylation sites (tertiary alicyclic amines) is 1. The molecule has 118 valence electrons. The lowest BCUT2D eigenvalue weighted by atomic mass is 10.0. The monoisotopic (exact) mass is 289 g/mol. The highest BCUT2D eigenvalue weighted by atomic mass is 15.2. The van der Waals surface area contributed by atoms with Crippen molar-refractivity contribution in [3.05, 3.63) is 35.9 Å². The summed E-state index contributed by atoms with van der Waals surface area (Å²) in [5, 5.41) is 0. The van der Waals surface area contributed by atoms with E-state index in [1.54, 1.807) is 0 Å². The molecular weight excluding hydrogens is 258 g/mol. The molecule has 2 rings (SSSR count). The van der Waals surface area contributed by atoms with Gasteiger partial charge in [0.25, 0.3) is 0 Å². The van der Waals surface area contributed by atoms with E-state index in [0.717, 1.165) is 32.1 Å². The first kappa shape index (κ1) is 16.5. The molecule has 0 atom stereocenters. The lowest BCUT2D eigenvalue weighted by molar-refractivity contribution is 0.102. The van der Waals surface area contributed by atoms with Gasteiger partial charge in [-0.2, -0.15) is 0 Å². The topological polar surface area (TPSA) is 32.5 Å². The number of nitrogens with zero attached hydrogens (tertiary/aromatic N) is 2. The average Bonchev–Trinajstić information content (AvgIpc) is 2.53. The first-order valence-electron chi connectivity index (χ1n) is 8.54. The zero-order chi connectivity index (χ0) is 14.9. The van der Waals surface area contributed by atoms with Crippen LogP contribution in [0.15, 0.2) is 30.3 Å². The van der Waals surface area contributed by atoms with Crippen LogP contribution in [0.5, 0.6) is 0 Å². The largest absolute Gasteiger partial charge is 0.330 e. The Bertz CT molecular complexity index is 371. The van der Waals surface area contributed by atoms with Crippen molar-refractivity contribution in [3.8, 4) is 0 Å². The van der Waals surface area contributed by atoms with Crippen LogP contribution in [0.4, 0.5) is 0 Å². The molecule has 0 radical (unpaired) electrons. The van der Waals surface area contributed by atoms with Crippen LogP contribution < -0.4 is 5.73 Å². The maximum absolute atomic E-state index is 5.73. The van der Waals surface area contributed by atoms with Crippen LogP contribution in [0, 0.1) is 0 Å². The Morgan fingerprint density at radius 2 is 1.90 bits per heavy atom. The third-order valence-electron chi connectivity index (χ3n) is 4.49. The number of hydrogen-bond acceptors (Lipinski definition) is 3. The van der Waals surface area contributed by atoms with Gasteiger partial charge in [-0.3, -0.25) is 4.90 Å². The SMILES string of the molecule is CCCN1CCC(N(CCCN)Cc2ccccc2)CC1. The molecule has 0 saturated carbocycles. The predicted molar refractivity (Wildman–Crippen MR) is 90.3 cm³/mol. The highest BCUT2D eigenvalue weighted by Gasteiger charge is 2.23. The average molecular weight is 289 g/mol. The number of piperidine rings is 1. The summed E-state index contributed by atoms with van der Waals surface area (Å²) in [5.74, 6) is 0. The van der Waals surface area contributed by atoms with Crippen LogP contribution in [-0.4, -0.2) is 48.6 Å². The molecular formula is C18H31N3. The maximum atomic E-state index is 5.73. The molecule has 0 spiro atoms. The quantitative estimate of drug-likeness (QED) is 0.798. The van der Waals surface area contributed by atoms with E-state index in [0.29, 0.717) is 0 Å². The van der Waals surface area contributed by atoms with Crippen molar-refractivity contribution in [1.29, 1.82) is 0 Å². The van der Waals surface area contributed by atoms with Gasteiger partial charge in [0.05, 0.1) is 0 Å². The van der Waals surface area contributed by atoms with E-state index in [-0.39, 0.29) is 0 Å². The Morgan fingerprint density at radius 1 is 1.19 bits per heavy atom. The normalized spacial score (nSPS) is 17.5. The van der Waals surface area contributed by atoms with Gasteiger partial charge >= 0.3 is 0 Å². The van der Waals surface area contributed by atoms with Crippen LogP contribution >= 0.6 is 0 Å². The van der Waals surface area contributed by atoms with E-state index < -0.39 is 0 Å². The zero-order valence-corrected chi connectivity index (χ0v) is 13.5. The number of hydrogen-bond donors (Lipinski definition) is 1.